The van der Waals surface area contributed by atoms with Gasteiger partial charge in [0.25, 0.3) is 0 Å². The minimum atomic E-state index is -4.73. The van der Waals surface area contributed by atoms with Crippen LogP contribution in [0.3, 0.4) is 0 Å². The minimum Gasteiger partial charge on any atom is -0.481 e. The first-order valence-electron chi connectivity index (χ1n) is 15.2. The van der Waals surface area contributed by atoms with E-state index in [4.69, 9.17) is 25.1 Å². The summed E-state index contributed by atoms with van der Waals surface area (Å²) in [6, 6.07) is 6.44. The van der Waals surface area contributed by atoms with Crippen LogP contribution in [0.5, 0.6) is 11.8 Å². The largest absolute Gasteiger partial charge is 0.481 e. The van der Waals surface area contributed by atoms with E-state index >= 15 is 8.78 Å². The molecule has 4 aromatic rings. The number of aromatic nitrogens is 2. The van der Waals surface area contributed by atoms with Gasteiger partial charge in [0.15, 0.2) is 19.2 Å². The van der Waals surface area contributed by atoms with Crippen LogP contribution in [0.15, 0.2) is 30.3 Å². The Labute approximate surface area is 272 Å². The number of piperidine rings is 1. The highest BCUT2D eigenvalue weighted by molar-refractivity contribution is 6.06. The third-order valence-electron chi connectivity index (χ3n) is 8.08. The number of aryl methyl sites for hydroxylation is 1. The topological polar surface area (TPSA) is 140 Å². The van der Waals surface area contributed by atoms with Crippen molar-refractivity contribution in [1.82, 2.24) is 9.97 Å². The van der Waals surface area contributed by atoms with Gasteiger partial charge in [0.2, 0.25) is 0 Å². The number of aliphatic carboxylic acids is 1. The van der Waals surface area contributed by atoms with Crippen molar-refractivity contribution >= 4 is 39.1 Å². The van der Waals surface area contributed by atoms with Crippen molar-refractivity contribution in [2.45, 2.75) is 57.2 Å². The summed E-state index contributed by atoms with van der Waals surface area (Å²) in [5.41, 5.74) is 4.97. The van der Waals surface area contributed by atoms with Gasteiger partial charge in [-0.2, -0.15) is 23.1 Å². The number of nitrogens with two attached hydrogens (primary N) is 1. The second-order valence-electron chi connectivity index (χ2n) is 12.1. The van der Waals surface area contributed by atoms with Crippen molar-refractivity contribution in [3.8, 4) is 22.9 Å². The Morgan fingerprint density at radius 1 is 1.12 bits per heavy atom. The molecule has 0 aliphatic carbocycles. The van der Waals surface area contributed by atoms with E-state index in [0.717, 1.165) is 0 Å². The van der Waals surface area contributed by atoms with E-state index in [-0.39, 0.29) is 77.3 Å². The number of hydrogen-bond acceptors (Lipinski definition) is 9. The van der Waals surface area contributed by atoms with Gasteiger partial charge in [-0.3, -0.25) is 4.79 Å². The quantitative estimate of drug-likeness (QED) is 0.0669. The predicted octanol–water partition coefficient (Wildman–Crippen LogP) is 6.38. The van der Waals surface area contributed by atoms with E-state index in [1.165, 1.54) is 31.4 Å². The summed E-state index contributed by atoms with van der Waals surface area (Å²) >= 11 is 0. The van der Waals surface area contributed by atoms with Crippen molar-refractivity contribution in [3.63, 3.8) is 0 Å². The average molecular weight is 679 g/mol. The number of halogens is 5. The second-order valence-corrected chi connectivity index (χ2v) is 12.1. The maximum absolute atomic E-state index is 17.0. The molecule has 0 amide bonds. The Balaban J connectivity index is 1.76. The molecular weight excluding hydrogens is 643 g/mol. The number of carboxylic acid groups (broad SMARTS) is 1. The molecule has 5 rings (SSSR count). The number of nitrogens with zero attached hydrogens (tertiary/aromatic N) is 3. The summed E-state index contributed by atoms with van der Waals surface area (Å²) in [5, 5.41) is 20.6. The summed E-state index contributed by atoms with van der Waals surface area (Å²) in [6.07, 6.45) is -3.16. The number of β-amino-alcohol motifs (C(OH)–C–C–N with tert-alkyl or cyclic N) is 1. The van der Waals surface area contributed by atoms with Crippen molar-refractivity contribution in [3.05, 3.63) is 47.5 Å². The summed E-state index contributed by atoms with van der Waals surface area (Å²) in [5.74, 6) is -2.36. The number of hydrogen-bond donors (Lipinski definition) is 3. The van der Waals surface area contributed by atoms with Crippen LogP contribution in [0.2, 0.25) is 0 Å². The fourth-order valence-electron chi connectivity index (χ4n) is 6.06. The van der Waals surface area contributed by atoms with Gasteiger partial charge in [-0.15, -0.1) is 0 Å². The van der Waals surface area contributed by atoms with Gasteiger partial charge in [0.1, 0.15) is 22.9 Å². The zero-order valence-electron chi connectivity index (χ0n) is 26.3. The van der Waals surface area contributed by atoms with Crippen LogP contribution >= 0.6 is 0 Å². The number of rotatable bonds is 12. The van der Waals surface area contributed by atoms with Gasteiger partial charge < -0.3 is 35.1 Å². The number of ether oxygens (including phenoxy) is 3. The molecule has 0 unspecified atom stereocenters. The Bertz CT molecular complexity index is 1840. The lowest BCUT2D eigenvalue weighted by Gasteiger charge is -2.38. The van der Waals surface area contributed by atoms with Crippen molar-refractivity contribution < 1.29 is 51.2 Å². The number of carbonyl (C=O) groups is 1. The highest BCUT2D eigenvalue weighted by Gasteiger charge is 2.33. The number of unbranched alkanes of at least 4 members (excludes halogenated alkanes) is 1. The van der Waals surface area contributed by atoms with E-state index < -0.39 is 47.5 Å². The summed E-state index contributed by atoms with van der Waals surface area (Å²) in [4.78, 5) is 20.9. The van der Waals surface area contributed by atoms with E-state index in [1.54, 1.807) is 17.9 Å². The number of methoxy groups -OCH3 is 1. The van der Waals surface area contributed by atoms with Crippen molar-refractivity contribution in [2.24, 2.45) is 0 Å². The fraction of sp³-hybridized carbons (Fsp3) is 0.424. The molecule has 0 saturated carbocycles. The lowest BCUT2D eigenvalue weighted by molar-refractivity contribution is -0.154. The molecule has 4 N–H and O–H groups in total. The normalized spacial score (nSPS) is 16.9. The van der Waals surface area contributed by atoms with Gasteiger partial charge >= 0.3 is 18.2 Å². The number of benzene rings is 3. The van der Waals surface area contributed by atoms with E-state index in [2.05, 4.69) is 9.97 Å². The molecule has 10 nitrogen and oxygen atoms in total. The van der Waals surface area contributed by atoms with E-state index in [9.17, 15) is 23.1 Å². The lowest BCUT2D eigenvalue weighted by atomic mass is 9.90. The molecule has 2 heterocycles. The number of carboxylic acids is 1. The molecule has 3 aromatic carbocycles. The first-order chi connectivity index (χ1) is 22.7. The van der Waals surface area contributed by atoms with Gasteiger partial charge in [0, 0.05) is 43.3 Å². The van der Waals surface area contributed by atoms with Gasteiger partial charge in [-0.05, 0) is 85.2 Å². The van der Waals surface area contributed by atoms with Crippen LogP contribution in [0, 0.1) is 11.6 Å². The molecule has 1 aromatic heterocycles. The van der Waals surface area contributed by atoms with Gasteiger partial charge in [0.05, 0.1) is 5.60 Å². The lowest BCUT2D eigenvalue weighted by Crippen LogP contribution is -2.46. The molecule has 1 saturated heterocycles. The van der Waals surface area contributed by atoms with Crippen molar-refractivity contribution in [1.29, 1.82) is 0 Å². The number of alkyl halides is 3. The number of anilines is 2. The van der Waals surface area contributed by atoms with Gasteiger partial charge in [-0.25, -0.2) is 8.78 Å². The molecule has 0 bridgehead atoms. The second kappa shape index (κ2) is 13.9. The number of nitrogen functional groups attached to an aromatic ring is 1. The predicted molar refractivity (Wildman–Crippen MR) is 168 cm³/mol. The van der Waals surface area contributed by atoms with E-state index in [1.807, 2.05) is 0 Å². The molecule has 1 fully saturated rings. The fourth-order valence-corrected chi connectivity index (χ4v) is 6.06. The summed E-state index contributed by atoms with van der Waals surface area (Å²) < 4.78 is 87.4. The van der Waals surface area contributed by atoms with Gasteiger partial charge in [-0.1, -0.05) is 6.07 Å². The zero-order valence-corrected chi connectivity index (χ0v) is 26.3. The molecule has 1 atom stereocenters. The van der Waals surface area contributed by atoms with Crippen LogP contribution in [-0.4, -0.2) is 71.5 Å². The Kier molecular flexibility index (Phi) is 10.1. The zero-order chi connectivity index (χ0) is 34.8. The van der Waals surface area contributed by atoms with Crippen LogP contribution in [-0.2, 0) is 16.0 Å². The smallest absolute Gasteiger partial charge is 0.422 e. The molecule has 0 spiro atoms. The maximum atomic E-state index is 17.0. The molecule has 1 aliphatic heterocycles. The number of fused-ring (bicyclic) bond motifs is 2. The van der Waals surface area contributed by atoms with Crippen LogP contribution < -0.4 is 20.1 Å². The molecule has 15 heteroatoms. The molecular formula is C33H35F5N4O6. The van der Waals surface area contributed by atoms with Crippen LogP contribution in [0.25, 0.3) is 32.8 Å². The third kappa shape index (κ3) is 7.79. The molecule has 48 heavy (non-hydrogen) atoms. The molecule has 1 aliphatic rings. The minimum absolute atomic E-state index is 0.0292. The first-order valence-corrected chi connectivity index (χ1v) is 15.2. The standard InChI is InChI=1S/C33H35F5N4O6/c1-32(45)10-5-11-42(15-32)30-22-14-24(39)27(28(35)29(22)40-31(41-30)47-16-33(36,37)38)21-13-19(48-17-46-2)12-18-8-9-23(34)20(26(18)21)6-3-4-7-25(43)44/h8-9,12-14,45H,3-7,10-11,15-17,39H2,1-2H3,(H,43,44)/t32-/m0/s1. The van der Waals surface area contributed by atoms with Crippen molar-refractivity contribution in [2.75, 3.05) is 44.2 Å². The Morgan fingerprint density at radius 2 is 1.90 bits per heavy atom. The first kappa shape index (κ1) is 34.8. The highest BCUT2D eigenvalue weighted by atomic mass is 19.4. The average Bonchev–Trinajstić information content (AvgIpc) is 3.01. The number of aliphatic hydroxyl groups is 1. The SMILES string of the molecule is COCOc1cc(-c2c(N)cc3c(N4CCC[C@](C)(O)C4)nc(OCC(F)(F)F)nc3c2F)c2c(CCCCC(=O)O)c(F)ccc2c1. The summed E-state index contributed by atoms with van der Waals surface area (Å²) in [7, 11) is 1.41. The highest BCUT2D eigenvalue weighted by Crippen LogP contribution is 2.44. The van der Waals surface area contributed by atoms with E-state index in [0.29, 0.717) is 31.2 Å². The molecule has 0 radical (unpaired) electrons. The van der Waals surface area contributed by atoms with Crippen LogP contribution in [0.4, 0.5) is 33.5 Å². The monoisotopic (exact) mass is 678 g/mol. The summed E-state index contributed by atoms with van der Waals surface area (Å²) in [6.45, 7) is 0.124. The Morgan fingerprint density at radius 3 is 2.58 bits per heavy atom. The maximum Gasteiger partial charge on any atom is 0.422 e. The Hall–Kier alpha value is -4.50. The molecule has 258 valence electrons. The third-order valence-corrected chi connectivity index (χ3v) is 8.08. The van der Waals surface area contributed by atoms with Crippen LogP contribution in [0.1, 0.15) is 44.6 Å².